The summed E-state index contributed by atoms with van der Waals surface area (Å²) in [7, 11) is 0. The van der Waals surface area contributed by atoms with Crippen LogP contribution in [0.1, 0.15) is 45.4 Å². The predicted octanol–water partition coefficient (Wildman–Crippen LogP) is 4.52. The summed E-state index contributed by atoms with van der Waals surface area (Å²) in [5.74, 6) is 0.00593. The van der Waals surface area contributed by atoms with Crippen LogP contribution in [0.4, 0.5) is 5.00 Å². The molecule has 0 fully saturated rings. The summed E-state index contributed by atoms with van der Waals surface area (Å²) in [5, 5.41) is 15.5. The molecule has 1 unspecified atom stereocenters. The van der Waals surface area contributed by atoms with E-state index in [1.54, 1.807) is 17.5 Å². The Morgan fingerprint density at radius 2 is 1.92 bits per heavy atom. The molecular formula is C19H17ClN4OS. The van der Waals surface area contributed by atoms with Crippen LogP contribution in [0.5, 0.6) is 0 Å². The molecule has 3 aromatic rings. The minimum absolute atomic E-state index is 0.00593. The SMILES string of the molecule is O=C1NC(c2cn[nH]c2-c2ccc(Cl)cc2)Nc2sc3c(c21)CCCC3. The van der Waals surface area contributed by atoms with Crippen LogP contribution in [0.3, 0.4) is 0 Å². The maximum atomic E-state index is 12.8. The maximum absolute atomic E-state index is 12.8. The van der Waals surface area contributed by atoms with Gasteiger partial charge in [-0.15, -0.1) is 11.3 Å². The number of aryl methyl sites for hydroxylation is 1. The number of benzene rings is 1. The fourth-order valence-corrected chi connectivity index (χ4v) is 5.24. The highest BCUT2D eigenvalue weighted by molar-refractivity contribution is 7.16. The number of nitrogens with one attached hydrogen (secondary N) is 3. The molecule has 0 saturated heterocycles. The predicted molar refractivity (Wildman–Crippen MR) is 104 cm³/mol. The van der Waals surface area contributed by atoms with Crippen LogP contribution in [0.25, 0.3) is 11.3 Å². The van der Waals surface area contributed by atoms with E-state index >= 15 is 0 Å². The first-order valence-electron chi connectivity index (χ1n) is 8.72. The number of thiophene rings is 1. The van der Waals surface area contributed by atoms with Crippen LogP contribution in [-0.2, 0) is 12.8 Å². The molecule has 7 heteroatoms. The Morgan fingerprint density at radius 1 is 1.12 bits per heavy atom. The van der Waals surface area contributed by atoms with Gasteiger partial charge >= 0.3 is 0 Å². The largest absolute Gasteiger partial charge is 0.352 e. The number of aromatic nitrogens is 2. The second-order valence-electron chi connectivity index (χ2n) is 6.67. The Balaban J connectivity index is 1.52. The molecule has 1 aromatic carbocycles. The van der Waals surface area contributed by atoms with Crippen molar-refractivity contribution in [3.05, 3.63) is 57.1 Å². The molecule has 1 aliphatic heterocycles. The molecule has 2 aromatic heterocycles. The molecule has 0 spiro atoms. The van der Waals surface area contributed by atoms with Crippen molar-refractivity contribution in [2.75, 3.05) is 5.32 Å². The lowest BCUT2D eigenvalue weighted by molar-refractivity contribution is 0.0935. The van der Waals surface area contributed by atoms with Gasteiger partial charge in [-0.2, -0.15) is 5.10 Å². The summed E-state index contributed by atoms with van der Waals surface area (Å²) < 4.78 is 0. The van der Waals surface area contributed by atoms with E-state index in [0.29, 0.717) is 5.02 Å². The van der Waals surface area contributed by atoms with Gasteiger partial charge in [-0.25, -0.2) is 0 Å². The third-order valence-electron chi connectivity index (χ3n) is 5.06. The van der Waals surface area contributed by atoms with Gasteiger partial charge in [-0.05, 0) is 43.4 Å². The Labute approximate surface area is 159 Å². The van der Waals surface area contributed by atoms with E-state index in [2.05, 4.69) is 20.8 Å². The molecule has 0 bridgehead atoms. The van der Waals surface area contributed by atoms with Crippen LogP contribution in [0.15, 0.2) is 30.5 Å². The summed E-state index contributed by atoms with van der Waals surface area (Å²) in [6, 6.07) is 7.58. The van der Waals surface area contributed by atoms with E-state index in [4.69, 9.17) is 11.6 Å². The van der Waals surface area contributed by atoms with Crippen LogP contribution in [0.2, 0.25) is 5.02 Å². The number of rotatable bonds is 2. The highest BCUT2D eigenvalue weighted by Gasteiger charge is 2.33. The molecule has 1 atom stereocenters. The first kappa shape index (κ1) is 15.9. The molecule has 26 heavy (non-hydrogen) atoms. The maximum Gasteiger partial charge on any atom is 0.256 e. The van der Waals surface area contributed by atoms with E-state index < -0.39 is 0 Å². The van der Waals surface area contributed by atoms with E-state index in [0.717, 1.165) is 46.6 Å². The standard InChI is InChI=1S/C19H17ClN4OS/c20-11-7-5-10(6-8-11)16-13(9-21-24-16)17-22-18(25)15-12-3-1-2-4-14(12)26-19(15)23-17/h5-9,17,23H,1-4H2,(H,21,24)(H,22,25). The number of aromatic amines is 1. The van der Waals surface area contributed by atoms with Crippen LogP contribution < -0.4 is 10.6 Å². The lowest BCUT2D eigenvalue weighted by Crippen LogP contribution is -2.38. The Morgan fingerprint density at radius 3 is 2.77 bits per heavy atom. The molecule has 1 amide bonds. The highest BCUT2D eigenvalue weighted by atomic mass is 35.5. The van der Waals surface area contributed by atoms with Gasteiger partial charge < -0.3 is 10.6 Å². The second-order valence-corrected chi connectivity index (χ2v) is 8.21. The second kappa shape index (κ2) is 6.14. The Kier molecular flexibility index (Phi) is 3.76. The summed E-state index contributed by atoms with van der Waals surface area (Å²) in [5.41, 5.74) is 4.86. The third kappa shape index (κ3) is 2.52. The average molecular weight is 385 g/mol. The minimum atomic E-state index is -0.306. The van der Waals surface area contributed by atoms with Crippen LogP contribution >= 0.6 is 22.9 Å². The Bertz CT molecular complexity index is 992. The number of carbonyl (C=O) groups excluding carboxylic acids is 1. The topological polar surface area (TPSA) is 69.8 Å². The van der Waals surface area contributed by atoms with Crippen molar-refractivity contribution in [3.63, 3.8) is 0 Å². The summed E-state index contributed by atoms with van der Waals surface area (Å²) in [6.45, 7) is 0. The molecule has 3 heterocycles. The number of carbonyl (C=O) groups is 1. The zero-order valence-corrected chi connectivity index (χ0v) is 15.5. The molecule has 0 saturated carbocycles. The molecule has 1 aliphatic carbocycles. The molecule has 132 valence electrons. The van der Waals surface area contributed by atoms with E-state index in [9.17, 15) is 4.79 Å². The molecule has 5 rings (SSSR count). The summed E-state index contributed by atoms with van der Waals surface area (Å²) >= 11 is 7.72. The smallest absolute Gasteiger partial charge is 0.256 e. The van der Waals surface area contributed by atoms with Gasteiger partial charge in [0.15, 0.2) is 0 Å². The van der Waals surface area contributed by atoms with Gasteiger partial charge in [0.05, 0.1) is 17.5 Å². The van der Waals surface area contributed by atoms with Crippen LogP contribution in [0, 0.1) is 0 Å². The Hall–Kier alpha value is -2.31. The summed E-state index contributed by atoms with van der Waals surface area (Å²) in [6.07, 6.45) is 5.91. The zero-order valence-electron chi connectivity index (χ0n) is 13.9. The molecule has 0 radical (unpaired) electrons. The zero-order chi connectivity index (χ0) is 17.7. The first-order valence-corrected chi connectivity index (χ1v) is 9.91. The van der Waals surface area contributed by atoms with Crippen molar-refractivity contribution in [1.82, 2.24) is 15.5 Å². The number of H-pyrrole nitrogens is 1. The molecular weight excluding hydrogens is 368 g/mol. The number of hydrogen-bond acceptors (Lipinski definition) is 4. The van der Waals surface area contributed by atoms with Gasteiger partial charge in [0.1, 0.15) is 11.2 Å². The lowest BCUT2D eigenvalue weighted by atomic mass is 9.94. The van der Waals surface area contributed by atoms with Gasteiger partial charge in [0, 0.05) is 21.0 Å². The van der Waals surface area contributed by atoms with E-state index in [1.807, 2.05) is 24.3 Å². The van der Waals surface area contributed by atoms with Gasteiger partial charge in [0.2, 0.25) is 0 Å². The number of hydrogen-bond donors (Lipinski definition) is 3. The number of nitrogens with zero attached hydrogens (tertiary/aromatic N) is 1. The summed E-state index contributed by atoms with van der Waals surface area (Å²) in [4.78, 5) is 14.2. The number of amides is 1. The first-order chi connectivity index (χ1) is 12.7. The molecule has 3 N–H and O–H groups in total. The van der Waals surface area contributed by atoms with Crippen molar-refractivity contribution in [2.24, 2.45) is 0 Å². The molecule has 5 nitrogen and oxygen atoms in total. The highest BCUT2D eigenvalue weighted by Crippen LogP contribution is 2.42. The van der Waals surface area contributed by atoms with E-state index in [-0.39, 0.29) is 12.1 Å². The van der Waals surface area contributed by atoms with Crippen molar-refractivity contribution < 1.29 is 4.79 Å². The van der Waals surface area contributed by atoms with Crippen molar-refractivity contribution >= 4 is 33.8 Å². The third-order valence-corrected chi connectivity index (χ3v) is 6.54. The van der Waals surface area contributed by atoms with Crippen molar-refractivity contribution in [2.45, 2.75) is 31.8 Å². The lowest BCUT2D eigenvalue weighted by Gasteiger charge is -2.26. The van der Waals surface area contributed by atoms with Crippen molar-refractivity contribution in [1.29, 1.82) is 0 Å². The minimum Gasteiger partial charge on any atom is -0.352 e. The van der Waals surface area contributed by atoms with Crippen LogP contribution in [-0.4, -0.2) is 16.1 Å². The number of fused-ring (bicyclic) bond motifs is 3. The van der Waals surface area contributed by atoms with Gasteiger partial charge in [0.25, 0.3) is 5.91 Å². The number of anilines is 1. The fraction of sp³-hybridized carbons (Fsp3) is 0.263. The monoisotopic (exact) mass is 384 g/mol. The molecule has 2 aliphatic rings. The van der Waals surface area contributed by atoms with Crippen molar-refractivity contribution in [3.8, 4) is 11.3 Å². The van der Waals surface area contributed by atoms with Gasteiger partial charge in [-0.1, -0.05) is 23.7 Å². The average Bonchev–Trinajstić information content (AvgIpc) is 3.26. The number of halogens is 1. The van der Waals surface area contributed by atoms with Gasteiger partial charge in [-0.3, -0.25) is 9.89 Å². The quantitative estimate of drug-likeness (QED) is 0.608. The normalized spacial score (nSPS) is 18.7. The fourth-order valence-electron chi connectivity index (χ4n) is 3.80. The van der Waals surface area contributed by atoms with E-state index in [1.165, 1.54) is 16.9 Å².